The van der Waals surface area contributed by atoms with E-state index in [1.807, 2.05) is 0 Å². The predicted octanol–water partition coefficient (Wildman–Crippen LogP) is 2.76. The highest BCUT2D eigenvalue weighted by atomic mass is 15.2. The molecular formula is C20H35N3. The number of nitrogens with zero attached hydrogens (tertiary/aromatic N) is 1. The largest absolute Gasteiger partial charge is 0.313 e. The van der Waals surface area contributed by atoms with E-state index in [0.717, 1.165) is 30.0 Å². The Bertz CT molecular complexity index is 431. The zero-order chi connectivity index (χ0) is 15.3. The monoisotopic (exact) mass is 317 g/mol. The molecule has 0 spiro atoms. The van der Waals surface area contributed by atoms with Crippen LogP contribution in [0.3, 0.4) is 0 Å². The van der Waals surface area contributed by atoms with Gasteiger partial charge in [0.15, 0.2) is 0 Å². The van der Waals surface area contributed by atoms with Gasteiger partial charge in [0.1, 0.15) is 0 Å². The zero-order valence-corrected chi connectivity index (χ0v) is 14.7. The molecule has 5 rings (SSSR count). The Balaban J connectivity index is 1.50. The van der Waals surface area contributed by atoms with Crippen molar-refractivity contribution in [2.24, 2.45) is 17.3 Å². The summed E-state index contributed by atoms with van der Waals surface area (Å²) < 4.78 is 0. The van der Waals surface area contributed by atoms with E-state index in [4.69, 9.17) is 0 Å². The highest BCUT2D eigenvalue weighted by Crippen LogP contribution is 2.55. The molecule has 4 heterocycles. The highest BCUT2D eigenvalue weighted by molar-refractivity contribution is 5.14. The maximum absolute atomic E-state index is 4.04. The highest BCUT2D eigenvalue weighted by Gasteiger charge is 2.58. The normalized spacial score (nSPS) is 50.9. The molecule has 4 aliphatic heterocycles. The third-order valence-electron chi connectivity index (χ3n) is 8.16. The van der Waals surface area contributed by atoms with Gasteiger partial charge in [0.25, 0.3) is 0 Å². The maximum Gasteiger partial charge on any atom is 0.0179 e. The second-order valence-corrected chi connectivity index (χ2v) is 9.30. The third kappa shape index (κ3) is 2.41. The van der Waals surface area contributed by atoms with E-state index >= 15 is 0 Å². The summed E-state index contributed by atoms with van der Waals surface area (Å²) in [6, 6.07) is 2.51. The first-order valence-electron chi connectivity index (χ1n) is 10.6. The van der Waals surface area contributed by atoms with Gasteiger partial charge >= 0.3 is 0 Å². The molecule has 5 fully saturated rings. The molecular weight excluding hydrogens is 282 g/mol. The molecule has 6 atom stereocenters. The average molecular weight is 318 g/mol. The summed E-state index contributed by atoms with van der Waals surface area (Å²) in [5, 5.41) is 8.04. The van der Waals surface area contributed by atoms with Crippen LogP contribution in [0.1, 0.15) is 64.2 Å². The minimum Gasteiger partial charge on any atom is -0.313 e. The molecule has 0 aromatic rings. The van der Waals surface area contributed by atoms with Gasteiger partial charge in [0.05, 0.1) is 0 Å². The van der Waals surface area contributed by atoms with Gasteiger partial charge in [-0.3, -0.25) is 4.90 Å². The molecule has 0 radical (unpaired) electrons. The van der Waals surface area contributed by atoms with Gasteiger partial charge < -0.3 is 10.6 Å². The summed E-state index contributed by atoms with van der Waals surface area (Å²) in [5.41, 5.74) is 0.530. The van der Waals surface area contributed by atoms with Gasteiger partial charge in [-0.25, -0.2) is 0 Å². The Hall–Kier alpha value is -0.120. The number of rotatable bonds is 1. The summed E-state index contributed by atoms with van der Waals surface area (Å²) in [4.78, 5) is 2.94. The van der Waals surface area contributed by atoms with E-state index < -0.39 is 0 Å². The third-order valence-corrected chi connectivity index (χ3v) is 8.16. The fourth-order valence-electron chi connectivity index (χ4n) is 7.36. The van der Waals surface area contributed by atoms with Crippen LogP contribution < -0.4 is 10.6 Å². The van der Waals surface area contributed by atoms with Crippen molar-refractivity contribution in [2.45, 2.75) is 82.3 Å². The molecule has 4 saturated heterocycles. The van der Waals surface area contributed by atoms with Gasteiger partial charge in [0, 0.05) is 30.1 Å². The Morgan fingerprint density at radius 1 is 0.826 bits per heavy atom. The Morgan fingerprint density at radius 3 is 2.65 bits per heavy atom. The topological polar surface area (TPSA) is 27.3 Å². The van der Waals surface area contributed by atoms with Crippen LogP contribution in [0.4, 0.5) is 0 Å². The van der Waals surface area contributed by atoms with Crippen molar-refractivity contribution in [3.8, 4) is 0 Å². The smallest absolute Gasteiger partial charge is 0.0179 e. The number of hydrogen-bond donors (Lipinski definition) is 2. The minimum atomic E-state index is 0.530. The Labute approximate surface area is 142 Å². The fraction of sp³-hybridized carbons (Fsp3) is 1.00. The van der Waals surface area contributed by atoms with Crippen LogP contribution >= 0.6 is 0 Å². The Morgan fingerprint density at radius 2 is 1.74 bits per heavy atom. The molecule has 1 aliphatic carbocycles. The van der Waals surface area contributed by atoms with Crippen LogP contribution in [0.2, 0.25) is 0 Å². The second kappa shape index (κ2) is 6.00. The van der Waals surface area contributed by atoms with Crippen molar-refractivity contribution in [1.29, 1.82) is 0 Å². The SMILES string of the molecule is C1CC[C@@H]([C@@]23CC(C[C@H]4CCCN[C@H]42)[C@H]2CCCCN2C3)NC1. The maximum atomic E-state index is 4.04. The molecule has 2 N–H and O–H groups in total. The van der Waals surface area contributed by atoms with E-state index in [-0.39, 0.29) is 0 Å². The van der Waals surface area contributed by atoms with Crippen molar-refractivity contribution in [3.05, 3.63) is 0 Å². The lowest BCUT2D eigenvalue weighted by molar-refractivity contribution is -0.117. The molecule has 3 heteroatoms. The van der Waals surface area contributed by atoms with E-state index in [1.165, 1.54) is 90.4 Å². The molecule has 1 unspecified atom stereocenters. The van der Waals surface area contributed by atoms with E-state index in [9.17, 15) is 0 Å². The lowest BCUT2D eigenvalue weighted by atomic mass is 9.52. The minimum absolute atomic E-state index is 0.530. The van der Waals surface area contributed by atoms with Gasteiger partial charge in [-0.15, -0.1) is 0 Å². The molecule has 2 bridgehead atoms. The van der Waals surface area contributed by atoms with Crippen LogP contribution in [-0.4, -0.2) is 49.2 Å². The van der Waals surface area contributed by atoms with E-state index in [0.29, 0.717) is 5.41 Å². The molecule has 3 nitrogen and oxygen atoms in total. The van der Waals surface area contributed by atoms with Crippen molar-refractivity contribution in [3.63, 3.8) is 0 Å². The van der Waals surface area contributed by atoms with Crippen LogP contribution in [0.5, 0.6) is 0 Å². The summed E-state index contributed by atoms with van der Waals surface area (Å²) in [6.45, 7) is 5.30. The lowest BCUT2D eigenvalue weighted by Gasteiger charge is -2.64. The number of fused-ring (bicyclic) bond motifs is 6. The first-order valence-corrected chi connectivity index (χ1v) is 10.6. The number of hydrogen-bond acceptors (Lipinski definition) is 3. The van der Waals surface area contributed by atoms with Crippen molar-refractivity contribution >= 4 is 0 Å². The first kappa shape index (κ1) is 15.2. The predicted molar refractivity (Wildman–Crippen MR) is 94.5 cm³/mol. The molecule has 1 saturated carbocycles. The van der Waals surface area contributed by atoms with Crippen molar-refractivity contribution in [2.75, 3.05) is 26.2 Å². The van der Waals surface area contributed by atoms with Crippen molar-refractivity contribution < 1.29 is 0 Å². The van der Waals surface area contributed by atoms with Gasteiger partial charge in [0.2, 0.25) is 0 Å². The van der Waals surface area contributed by atoms with Gasteiger partial charge in [-0.05, 0) is 82.8 Å². The summed E-state index contributed by atoms with van der Waals surface area (Å²) in [5.74, 6) is 1.96. The van der Waals surface area contributed by atoms with E-state index in [1.54, 1.807) is 0 Å². The first-order chi connectivity index (χ1) is 11.4. The van der Waals surface area contributed by atoms with Crippen LogP contribution in [0.15, 0.2) is 0 Å². The molecule has 0 amide bonds. The summed E-state index contributed by atoms with van der Waals surface area (Å²) in [7, 11) is 0. The number of nitrogens with one attached hydrogen (secondary N) is 2. The van der Waals surface area contributed by atoms with Crippen LogP contribution in [0, 0.1) is 17.3 Å². The van der Waals surface area contributed by atoms with Gasteiger partial charge in [-0.1, -0.05) is 12.8 Å². The molecule has 130 valence electrons. The molecule has 0 aromatic heterocycles. The molecule has 5 aliphatic rings. The fourth-order valence-corrected chi connectivity index (χ4v) is 7.36. The summed E-state index contributed by atoms with van der Waals surface area (Å²) in [6.07, 6.45) is 14.6. The average Bonchev–Trinajstić information content (AvgIpc) is 2.63. The number of piperidine rings is 4. The van der Waals surface area contributed by atoms with Crippen molar-refractivity contribution in [1.82, 2.24) is 15.5 Å². The van der Waals surface area contributed by atoms with Crippen LogP contribution in [-0.2, 0) is 0 Å². The lowest BCUT2D eigenvalue weighted by Crippen LogP contribution is -2.72. The van der Waals surface area contributed by atoms with Crippen LogP contribution in [0.25, 0.3) is 0 Å². The molecule has 23 heavy (non-hydrogen) atoms. The zero-order valence-electron chi connectivity index (χ0n) is 14.7. The Kier molecular flexibility index (Phi) is 3.95. The van der Waals surface area contributed by atoms with Gasteiger partial charge in [-0.2, -0.15) is 0 Å². The molecule has 0 aromatic carbocycles. The summed E-state index contributed by atoms with van der Waals surface area (Å²) >= 11 is 0. The second-order valence-electron chi connectivity index (χ2n) is 9.30. The van der Waals surface area contributed by atoms with E-state index in [2.05, 4.69) is 15.5 Å². The standard InChI is InChI=1S/C20H35N3/c1-3-9-21-18(8-1)20-13-16(12-15-6-5-10-22-19(15)20)17-7-2-4-11-23(17)14-20/h15-19,21-22H,1-14H2/t15-,16?,17-,18+,19-,20+/m1/s1. The quantitative estimate of drug-likeness (QED) is 0.779.